The van der Waals surface area contributed by atoms with E-state index in [0.717, 1.165) is 31.5 Å². The van der Waals surface area contributed by atoms with Crippen molar-refractivity contribution in [1.29, 1.82) is 0 Å². The minimum atomic E-state index is -0.417. The third-order valence-electron chi connectivity index (χ3n) is 4.58. The number of benzene rings is 3. The van der Waals surface area contributed by atoms with Crippen molar-refractivity contribution in [3.63, 3.8) is 0 Å². The van der Waals surface area contributed by atoms with Gasteiger partial charge < -0.3 is 9.47 Å². The van der Waals surface area contributed by atoms with Crippen molar-refractivity contribution in [3.05, 3.63) is 90.5 Å². The molecule has 0 N–H and O–H groups in total. The van der Waals surface area contributed by atoms with Crippen LogP contribution in [-0.2, 0) is 6.61 Å². The van der Waals surface area contributed by atoms with E-state index < -0.39 is 4.92 Å². The van der Waals surface area contributed by atoms with Crippen LogP contribution in [0.3, 0.4) is 0 Å². The molecule has 0 aliphatic heterocycles. The molecule has 0 unspecified atom stereocenters. The van der Waals surface area contributed by atoms with E-state index in [9.17, 15) is 10.1 Å². The minimum Gasteiger partial charge on any atom is -0.490 e. The summed E-state index contributed by atoms with van der Waals surface area (Å²) in [5, 5.41) is 10.8. The number of rotatable bonds is 8. The Morgan fingerprint density at radius 1 is 1.06 bits per heavy atom. The highest BCUT2D eigenvalue weighted by Crippen LogP contribution is 2.35. The lowest BCUT2D eigenvalue weighted by atomic mass is 10.1. The molecule has 3 aromatic carbocycles. The maximum Gasteiger partial charge on any atom is 0.269 e. The van der Waals surface area contributed by atoms with Crippen molar-refractivity contribution in [3.8, 4) is 11.5 Å². The van der Waals surface area contributed by atoms with Gasteiger partial charge in [0, 0.05) is 18.3 Å². The van der Waals surface area contributed by atoms with E-state index in [-0.39, 0.29) is 12.3 Å². The van der Waals surface area contributed by atoms with Crippen molar-refractivity contribution in [2.75, 3.05) is 6.61 Å². The Morgan fingerprint density at radius 2 is 1.81 bits per heavy atom. The Balaban J connectivity index is 1.82. The van der Waals surface area contributed by atoms with Crippen LogP contribution in [0, 0.1) is 27.5 Å². The standard InChI is InChI=1S/C24H23IN2O4/c1-4-30-23-13-19(14-26-22-11-16(2)5-6-17(22)3)12-21(25)24(23)31-15-18-7-9-20(10-8-18)27(28)29/h5-14H,4,15H2,1-3H3. The van der Waals surface area contributed by atoms with Gasteiger partial charge in [-0.2, -0.15) is 0 Å². The lowest BCUT2D eigenvalue weighted by molar-refractivity contribution is -0.384. The molecular formula is C24H23IN2O4. The van der Waals surface area contributed by atoms with E-state index in [1.54, 1.807) is 12.1 Å². The van der Waals surface area contributed by atoms with Crippen molar-refractivity contribution in [2.24, 2.45) is 4.99 Å². The molecule has 3 rings (SSSR count). The molecule has 0 bridgehead atoms. The van der Waals surface area contributed by atoms with Gasteiger partial charge in [0.25, 0.3) is 5.69 Å². The Morgan fingerprint density at radius 3 is 2.48 bits per heavy atom. The average Bonchev–Trinajstić information content (AvgIpc) is 2.74. The first-order chi connectivity index (χ1) is 14.9. The number of hydrogen-bond acceptors (Lipinski definition) is 5. The van der Waals surface area contributed by atoms with Gasteiger partial charge in [0.1, 0.15) is 6.61 Å². The molecule has 0 saturated carbocycles. The lowest BCUT2D eigenvalue weighted by Crippen LogP contribution is -2.02. The summed E-state index contributed by atoms with van der Waals surface area (Å²) in [5.41, 5.74) is 5.02. The summed E-state index contributed by atoms with van der Waals surface area (Å²) in [7, 11) is 0. The monoisotopic (exact) mass is 530 g/mol. The number of non-ortho nitro benzene ring substituents is 1. The molecule has 0 saturated heterocycles. The first-order valence-corrected chi connectivity index (χ1v) is 10.9. The van der Waals surface area contributed by atoms with Crippen LogP contribution in [0.1, 0.15) is 29.2 Å². The summed E-state index contributed by atoms with van der Waals surface area (Å²) in [6, 6.07) is 16.4. The van der Waals surface area contributed by atoms with Crippen molar-refractivity contribution in [2.45, 2.75) is 27.4 Å². The minimum absolute atomic E-state index is 0.0563. The second-order valence-corrected chi connectivity index (χ2v) is 8.19. The van der Waals surface area contributed by atoms with Crippen LogP contribution in [0.25, 0.3) is 0 Å². The third kappa shape index (κ3) is 6.04. The predicted octanol–water partition coefficient (Wildman–Crippen LogP) is 6.54. The molecule has 0 aliphatic rings. The topological polar surface area (TPSA) is 74.0 Å². The van der Waals surface area contributed by atoms with Gasteiger partial charge in [-0.1, -0.05) is 12.1 Å². The van der Waals surface area contributed by atoms with E-state index in [2.05, 4.69) is 45.8 Å². The molecule has 0 amide bonds. The molecular weight excluding hydrogens is 507 g/mol. The SMILES string of the molecule is CCOc1cc(C=Nc2cc(C)ccc2C)cc(I)c1OCc1ccc([N+](=O)[O-])cc1. The van der Waals surface area contributed by atoms with Crippen LogP contribution in [0.5, 0.6) is 11.5 Å². The summed E-state index contributed by atoms with van der Waals surface area (Å²) in [5.74, 6) is 1.28. The zero-order valence-corrected chi connectivity index (χ0v) is 19.8. The number of nitrogens with zero attached hydrogens (tertiary/aromatic N) is 2. The summed E-state index contributed by atoms with van der Waals surface area (Å²) < 4.78 is 12.7. The number of aryl methyl sites for hydroxylation is 2. The Labute approximate surface area is 195 Å². The van der Waals surface area contributed by atoms with Gasteiger partial charge in [0.05, 0.1) is 20.8 Å². The van der Waals surface area contributed by atoms with Crippen molar-refractivity contribution >= 4 is 40.2 Å². The van der Waals surface area contributed by atoms with Gasteiger partial charge >= 0.3 is 0 Å². The number of aliphatic imine (C=N–C) groups is 1. The summed E-state index contributed by atoms with van der Waals surface area (Å²) in [6.07, 6.45) is 1.83. The van der Waals surface area contributed by atoms with Crippen LogP contribution in [0.15, 0.2) is 59.6 Å². The highest BCUT2D eigenvalue weighted by atomic mass is 127. The van der Waals surface area contributed by atoms with Gasteiger partial charge in [-0.15, -0.1) is 0 Å². The molecule has 0 fully saturated rings. The summed E-state index contributed by atoms with van der Waals surface area (Å²) in [4.78, 5) is 15.0. The Kier molecular flexibility index (Phi) is 7.62. The molecule has 0 aromatic heterocycles. The molecule has 31 heavy (non-hydrogen) atoms. The number of ether oxygens (including phenoxy) is 2. The maximum atomic E-state index is 10.8. The van der Waals surface area contributed by atoms with Crippen molar-refractivity contribution < 1.29 is 14.4 Å². The molecule has 0 aliphatic carbocycles. The van der Waals surface area contributed by atoms with Crippen molar-refractivity contribution in [1.82, 2.24) is 0 Å². The zero-order chi connectivity index (χ0) is 22.4. The molecule has 0 radical (unpaired) electrons. The van der Waals surface area contributed by atoms with Crippen LogP contribution in [0.2, 0.25) is 0 Å². The quantitative estimate of drug-likeness (QED) is 0.143. The van der Waals surface area contributed by atoms with Crippen LogP contribution in [0.4, 0.5) is 11.4 Å². The fourth-order valence-corrected chi connectivity index (χ4v) is 3.72. The van der Waals surface area contributed by atoms with Gasteiger partial charge in [-0.05, 0) is 95.9 Å². The average molecular weight is 530 g/mol. The molecule has 6 nitrogen and oxygen atoms in total. The zero-order valence-electron chi connectivity index (χ0n) is 17.6. The molecule has 0 heterocycles. The van der Waals surface area contributed by atoms with E-state index >= 15 is 0 Å². The molecule has 0 atom stereocenters. The lowest BCUT2D eigenvalue weighted by Gasteiger charge is -2.15. The number of halogens is 1. The van der Waals surface area contributed by atoms with E-state index in [4.69, 9.17) is 9.47 Å². The number of hydrogen-bond donors (Lipinski definition) is 0. The summed E-state index contributed by atoms with van der Waals surface area (Å²) in [6.45, 7) is 6.79. The first-order valence-electron chi connectivity index (χ1n) is 9.81. The van der Waals surface area contributed by atoms with Gasteiger partial charge in [-0.3, -0.25) is 15.1 Å². The molecule has 160 valence electrons. The highest BCUT2D eigenvalue weighted by Gasteiger charge is 2.13. The number of nitro groups is 1. The predicted molar refractivity (Wildman–Crippen MR) is 131 cm³/mol. The van der Waals surface area contributed by atoms with Gasteiger partial charge in [0.2, 0.25) is 0 Å². The highest BCUT2D eigenvalue weighted by molar-refractivity contribution is 14.1. The Hall–Kier alpha value is -2.94. The maximum absolute atomic E-state index is 10.8. The van der Waals surface area contributed by atoms with Crippen LogP contribution >= 0.6 is 22.6 Å². The first kappa shape index (κ1) is 22.7. The molecule has 7 heteroatoms. The van der Waals surface area contributed by atoms with Gasteiger partial charge in [0.15, 0.2) is 11.5 Å². The fourth-order valence-electron chi connectivity index (χ4n) is 2.94. The summed E-state index contributed by atoms with van der Waals surface area (Å²) >= 11 is 2.22. The van der Waals surface area contributed by atoms with Gasteiger partial charge in [-0.25, -0.2) is 0 Å². The van der Waals surface area contributed by atoms with Crippen LogP contribution in [-0.4, -0.2) is 17.7 Å². The second-order valence-electron chi connectivity index (χ2n) is 7.02. The smallest absolute Gasteiger partial charge is 0.269 e. The number of nitro benzene ring substituents is 1. The fraction of sp³-hybridized carbons (Fsp3) is 0.208. The van der Waals surface area contributed by atoms with Crippen LogP contribution < -0.4 is 9.47 Å². The van der Waals surface area contributed by atoms with E-state index in [1.165, 1.54) is 12.1 Å². The largest absolute Gasteiger partial charge is 0.490 e. The Bertz CT molecular complexity index is 1110. The third-order valence-corrected chi connectivity index (χ3v) is 5.38. The molecule has 0 spiro atoms. The van der Waals surface area contributed by atoms with E-state index in [0.29, 0.717) is 18.1 Å². The molecule has 3 aromatic rings. The second kappa shape index (κ2) is 10.4. The normalized spacial score (nSPS) is 11.0. The van der Waals surface area contributed by atoms with E-state index in [1.807, 2.05) is 39.1 Å².